The van der Waals surface area contributed by atoms with Crippen LogP contribution < -0.4 is 62.5 Å². The number of primary amides is 1. The van der Waals surface area contributed by atoms with Crippen LogP contribution in [0.3, 0.4) is 0 Å². The number of carboxylic acid groups (broad SMARTS) is 1. The number of phenols is 2. The Bertz CT molecular complexity index is 4770. The summed E-state index contributed by atoms with van der Waals surface area (Å²) < 4.78 is 39.2. The number of ether oxygens (including phenoxy) is 6. The average molecular weight is 1750 g/mol. The van der Waals surface area contributed by atoms with Crippen LogP contribution in [0, 0.1) is 5.92 Å². The molecule has 654 valence electrons. The van der Waals surface area contributed by atoms with Crippen molar-refractivity contribution < 1.29 is 133 Å². The quantitative estimate of drug-likeness (QED) is 0.0373. The fourth-order valence-corrected chi connectivity index (χ4v) is 16.6. The van der Waals surface area contributed by atoms with Crippen LogP contribution in [-0.4, -0.2) is 231 Å². The van der Waals surface area contributed by atoms with Crippen molar-refractivity contribution in [1.29, 1.82) is 0 Å². The molecule has 1 unspecified atom stereocenters. The summed E-state index contributed by atoms with van der Waals surface area (Å²) in [5.41, 5.74) is 1.86. The van der Waals surface area contributed by atoms with Crippen molar-refractivity contribution in [3.05, 3.63) is 157 Å². The molecule has 7 heterocycles. The number of carboxylic acids is 1. The maximum absolute atomic E-state index is 16.4. The molecule has 2 fully saturated rings. The second kappa shape index (κ2) is 40.0. The Morgan fingerprint density at radius 3 is 1.96 bits per heavy atom. The first-order valence-corrected chi connectivity index (χ1v) is 40.9. The van der Waals surface area contributed by atoms with E-state index in [1.807, 2.05) is 0 Å². The molecule has 5 aromatic carbocycles. The van der Waals surface area contributed by atoms with Crippen LogP contribution in [0.2, 0.25) is 10.0 Å². The van der Waals surface area contributed by atoms with Gasteiger partial charge in [0.15, 0.2) is 17.4 Å². The lowest BCUT2D eigenvalue weighted by Gasteiger charge is -2.51. The van der Waals surface area contributed by atoms with E-state index in [0.29, 0.717) is 17.9 Å². The minimum Gasteiger partial charge on any atom is -0.512 e. The molecule has 7 amide bonds. The van der Waals surface area contributed by atoms with Gasteiger partial charge in [0.2, 0.25) is 41.4 Å². The first-order valence-electron chi connectivity index (χ1n) is 39.2. The van der Waals surface area contributed by atoms with Crippen molar-refractivity contribution in [1.82, 2.24) is 42.5 Å². The number of carbonyl (C=O) groups excluding carboxylic acids is 8. The number of likely N-dealkylation sites (N-methyl/N-ethyl adjacent to an activating group) is 1. The summed E-state index contributed by atoms with van der Waals surface area (Å²) in [4.78, 5) is 130. The van der Waals surface area contributed by atoms with Gasteiger partial charge in [-0.05, 0) is 133 Å². The minimum atomic E-state index is -2.40. The van der Waals surface area contributed by atoms with E-state index >= 15 is 24.0 Å². The average Bonchev–Trinajstić information content (AvgIpc) is 0.726. The molecular weight excluding hydrogens is 1650 g/mol. The third kappa shape index (κ3) is 21.1. The first kappa shape index (κ1) is 92.0. The number of nitrogens with one attached hydrogen (secondary N) is 8. The molecule has 20 atom stereocenters. The van der Waals surface area contributed by atoms with E-state index in [0.717, 1.165) is 98.5 Å². The number of benzene rings is 5. The summed E-state index contributed by atoms with van der Waals surface area (Å²) >= 11 is 15.7. The summed E-state index contributed by atoms with van der Waals surface area (Å²) in [7, 11) is 1.32. The number of halogens is 2. The van der Waals surface area contributed by atoms with E-state index in [2.05, 4.69) is 42.5 Å². The van der Waals surface area contributed by atoms with Gasteiger partial charge in [0.1, 0.15) is 137 Å². The number of phenolic OH excluding ortho intramolecular Hbond substituents is 2. The van der Waals surface area contributed by atoms with Crippen LogP contribution in [0.25, 0.3) is 0 Å². The highest BCUT2D eigenvalue weighted by Crippen LogP contribution is 2.51. The Labute approximate surface area is 707 Å². The number of aromatic hydroxyl groups is 2. The third-order valence-corrected chi connectivity index (χ3v) is 23.5. The van der Waals surface area contributed by atoms with Crippen LogP contribution >= 0.6 is 35.0 Å². The molecule has 1 aliphatic carbocycles. The third-order valence-electron chi connectivity index (χ3n) is 22.0. The Morgan fingerprint density at radius 2 is 1.33 bits per heavy atom. The Morgan fingerprint density at radius 1 is 0.686 bits per heavy atom. The SMILES string of the molecule is CNC(=O)[C@@H](CC(C)C)N[C@H]1C(=O)N[C@@H](CC(N)=O)C(=O)N[C@H]2C(=O)N[C@H]3C(=O)N[C@H](C(=O)N[C@@H](C(=O)O)c4cc(O)cc(O)c4C4CC3=CC=C4O)[C@H](O)c3ccc(c(Cl)c3)Oc3cc2cc(c3[C@@H]2O[C@H](CO)[C@@H](O)[C@H](O)[C@H]2O[C@H]2O[C@@H](CO)[C@@H](O)[C@](C)(NCc3cccc(OCCCCCCCSC(C)=O)c3)[C@@H]2O)Oc2ccc(cc2Cl)[C@H]1O. The molecule has 121 heavy (non-hydrogen) atoms. The lowest BCUT2D eigenvalue weighted by atomic mass is 9.79. The number of carbonyl (C=O) groups is 9. The normalized spacial score (nSPS) is 28.4. The molecule has 8 aliphatic rings. The number of allylic oxidation sites excluding steroid dienone is 3. The number of hydrogen-bond donors (Lipinski definition) is 21. The van der Waals surface area contributed by atoms with Crippen LogP contribution in [0.1, 0.15) is 154 Å². The van der Waals surface area contributed by atoms with E-state index in [9.17, 15) is 80.5 Å². The molecule has 0 saturated carbocycles. The number of rotatable bonds is 25. The predicted molar refractivity (Wildman–Crippen MR) is 431 cm³/mol. The zero-order valence-corrected chi connectivity index (χ0v) is 68.5. The van der Waals surface area contributed by atoms with Gasteiger partial charge in [0.05, 0.1) is 53.4 Å². The Hall–Kier alpha value is -9.78. The summed E-state index contributed by atoms with van der Waals surface area (Å²) in [6.45, 7) is 4.73. The molecule has 22 N–H and O–H groups in total. The summed E-state index contributed by atoms with van der Waals surface area (Å²) in [5, 5.41) is 162. The van der Waals surface area contributed by atoms with Crippen molar-refractivity contribution in [2.45, 2.75) is 207 Å². The number of aliphatic hydroxyl groups is 9. The van der Waals surface area contributed by atoms with Crippen molar-refractivity contribution >= 4 is 87.4 Å². The zero-order chi connectivity index (χ0) is 87.7. The van der Waals surface area contributed by atoms with Gasteiger partial charge in [-0.25, -0.2) is 4.79 Å². The second-order valence-electron chi connectivity index (χ2n) is 31.0. The van der Waals surface area contributed by atoms with Gasteiger partial charge in [-0.1, -0.05) is 98.4 Å². The number of fused-ring (bicyclic) bond motifs is 15. The fraction of sp³-hybridized carbons (Fsp3) is 0.476. The summed E-state index contributed by atoms with van der Waals surface area (Å²) in [6.07, 6.45) is -17.4. The molecule has 2 saturated heterocycles. The molecule has 13 rings (SSSR count). The van der Waals surface area contributed by atoms with Crippen molar-refractivity contribution in [2.24, 2.45) is 11.7 Å². The van der Waals surface area contributed by atoms with Gasteiger partial charge in [0.25, 0.3) is 0 Å². The number of aliphatic hydroxyl groups excluding tert-OH is 9. The standard InChI is InChI=1S/C82H99Cl2N9O27S/c1-35(2)22-48(74(107)86-5)88-64-66(101)39-15-18-52(46(83)25-39)116-54-27-41-28-55(60(54)70-71(69(104)68(103)56(33-94)118-70)120-81-73(106)82(4,72(105)57(34-95)119-81)87-32-37-12-11-13-43(23-37)115-20-9-7-6-8-10-21-121-36(3)96)117-53-19-16-40(26-47(53)84)67(102)65-79(112)92-63(80(113)114)45-29-42(97)30-51(99)59(45)44-24-38(14-17-50(44)98)61(76(109)93-65)91-77(110)62(41)90-75(108)49(31-58(85)100)89-78(64)111/h11-19,23,25-30,35,44,48-49,56-57,61-73,81,87-88,94-95,97-99,101-106H,6-10,20-22,24,31-34H2,1-5H3,(H2,85,100)(H,86,107)(H,89,111)(H,90,108)(H,91,110)(H,92,112)(H,93,109)(H,113,114)/t44?,48-,49+,56-,57+,61-,62-,63-,64-,65+,66-,67-,68-,69+,70+,71-,72-,73-,81-,82+/m1/s1. The molecule has 11 bridgehead atoms. The molecule has 39 heteroatoms. The topological polar surface area (TPSA) is 574 Å². The Kier molecular flexibility index (Phi) is 30.4. The maximum Gasteiger partial charge on any atom is 0.330 e. The van der Waals surface area contributed by atoms with Crippen molar-refractivity contribution in [2.75, 3.05) is 32.6 Å². The maximum atomic E-state index is 16.4. The molecular formula is C82H99Cl2N9O27S. The summed E-state index contributed by atoms with van der Waals surface area (Å²) in [5.74, 6) is -15.5. The zero-order valence-electron chi connectivity index (χ0n) is 66.2. The van der Waals surface area contributed by atoms with E-state index in [-0.39, 0.29) is 46.4 Å². The minimum absolute atomic E-state index is 0.0337. The van der Waals surface area contributed by atoms with Gasteiger partial charge in [-0.2, -0.15) is 0 Å². The number of thioether (sulfide) groups is 1. The smallest absolute Gasteiger partial charge is 0.330 e. The number of nitrogens with two attached hydrogens (primary N) is 1. The van der Waals surface area contributed by atoms with Gasteiger partial charge >= 0.3 is 5.97 Å². The highest BCUT2D eigenvalue weighted by atomic mass is 35.5. The monoisotopic (exact) mass is 1740 g/mol. The highest BCUT2D eigenvalue weighted by Gasteiger charge is 2.57. The van der Waals surface area contributed by atoms with Crippen molar-refractivity contribution in [3.63, 3.8) is 0 Å². The molecule has 5 aromatic rings. The molecule has 7 aliphatic heterocycles. The van der Waals surface area contributed by atoms with E-state index in [4.69, 9.17) is 57.4 Å². The van der Waals surface area contributed by atoms with Crippen LogP contribution in [0.4, 0.5) is 0 Å². The van der Waals surface area contributed by atoms with E-state index in [1.165, 1.54) is 44.8 Å². The number of aliphatic carboxylic acids is 1. The van der Waals surface area contributed by atoms with Gasteiger partial charge < -0.3 is 133 Å². The van der Waals surface area contributed by atoms with Crippen LogP contribution in [0.5, 0.6) is 40.2 Å². The number of hydrogen-bond acceptors (Lipinski definition) is 29. The largest absolute Gasteiger partial charge is 0.512 e. The lowest BCUT2D eigenvalue weighted by molar-refractivity contribution is -0.341. The summed E-state index contributed by atoms with van der Waals surface area (Å²) in [6, 6.07) is 3.06. The molecule has 0 radical (unpaired) electrons. The lowest BCUT2D eigenvalue weighted by Crippen LogP contribution is -2.72. The molecule has 0 aromatic heterocycles. The van der Waals surface area contributed by atoms with Crippen molar-refractivity contribution in [3.8, 4) is 40.2 Å². The second-order valence-corrected chi connectivity index (χ2v) is 33.1. The molecule has 0 spiro atoms. The molecule has 36 nitrogen and oxygen atoms in total. The van der Waals surface area contributed by atoms with E-state index < -0.39 is 261 Å². The fourth-order valence-electron chi connectivity index (χ4n) is 15.5. The van der Waals surface area contributed by atoms with Crippen LogP contribution in [0.15, 0.2) is 108 Å². The predicted octanol–water partition coefficient (Wildman–Crippen LogP) is 2.64. The first-order chi connectivity index (χ1) is 57.5. The van der Waals surface area contributed by atoms with E-state index in [1.54, 1.807) is 38.1 Å². The van der Waals surface area contributed by atoms with Crippen LogP contribution in [-0.2, 0) is 63.9 Å². The van der Waals surface area contributed by atoms with Gasteiger partial charge in [-0.15, -0.1) is 0 Å². The van der Waals surface area contributed by atoms with Gasteiger partial charge in [0, 0.05) is 43.8 Å². The van der Waals surface area contributed by atoms with Gasteiger partial charge in [-0.3, -0.25) is 43.7 Å². The number of unbranched alkanes of at least 4 members (excludes halogenated alkanes) is 4. The Balaban J connectivity index is 1.10. The number of amides is 7. The highest BCUT2D eigenvalue weighted by molar-refractivity contribution is 8.13.